The van der Waals surface area contributed by atoms with Crippen molar-refractivity contribution in [2.45, 2.75) is 33.2 Å². The highest BCUT2D eigenvalue weighted by molar-refractivity contribution is 5.85. The summed E-state index contributed by atoms with van der Waals surface area (Å²) in [7, 11) is 0. The molecule has 4 heteroatoms. The summed E-state index contributed by atoms with van der Waals surface area (Å²) in [6, 6.07) is 4.72. The van der Waals surface area contributed by atoms with Crippen molar-refractivity contribution < 1.29 is 14.3 Å². The summed E-state index contributed by atoms with van der Waals surface area (Å²) < 4.78 is 13.6. The maximum atomic E-state index is 13.6. The van der Waals surface area contributed by atoms with Gasteiger partial charge in [0.15, 0.2) is 0 Å². The predicted octanol–water partition coefficient (Wildman–Crippen LogP) is 3.55. The smallest absolute Gasteiger partial charge is 0.328 e. The molecule has 0 amide bonds. The van der Waals surface area contributed by atoms with Crippen molar-refractivity contribution in [1.29, 1.82) is 0 Å². The average molecular weight is 291 g/mol. The number of carboxylic acids is 1. The fourth-order valence-electron chi connectivity index (χ4n) is 2.61. The lowest BCUT2D eigenvalue weighted by molar-refractivity contribution is -0.131. The minimum absolute atomic E-state index is 0.324. The average Bonchev–Trinajstić information content (AvgIpc) is 2.38. The van der Waals surface area contributed by atoms with Gasteiger partial charge in [-0.3, -0.25) is 4.90 Å². The van der Waals surface area contributed by atoms with Gasteiger partial charge in [-0.2, -0.15) is 0 Å². The molecule has 0 atom stereocenters. The van der Waals surface area contributed by atoms with E-state index in [4.69, 9.17) is 5.11 Å². The Bertz CT molecular complexity index is 542. The van der Waals surface area contributed by atoms with Crippen LogP contribution in [0.1, 0.15) is 37.8 Å². The summed E-state index contributed by atoms with van der Waals surface area (Å²) in [6.45, 7) is 7.30. The third kappa shape index (κ3) is 4.97. The SMILES string of the molecule is CC1(C)CCN(Cc2cc(F)cc(C=CC(=O)O)c2)CC1. The number of piperidine rings is 1. The van der Waals surface area contributed by atoms with Crippen molar-refractivity contribution in [3.8, 4) is 0 Å². The summed E-state index contributed by atoms with van der Waals surface area (Å²) in [5.41, 5.74) is 1.87. The van der Waals surface area contributed by atoms with E-state index < -0.39 is 5.97 Å². The highest BCUT2D eigenvalue weighted by Gasteiger charge is 2.25. The highest BCUT2D eigenvalue weighted by atomic mass is 19.1. The number of carboxylic acid groups (broad SMARTS) is 1. The van der Waals surface area contributed by atoms with E-state index in [1.54, 1.807) is 0 Å². The summed E-state index contributed by atoms with van der Waals surface area (Å²) in [4.78, 5) is 12.9. The van der Waals surface area contributed by atoms with Gasteiger partial charge < -0.3 is 5.11 Å². The molecule has 1 aromatic carbocycles. The van der Waals surface area contributed by atoms with Crippen LogP contribution in [0.25, 0.3) is 6.08 Å². The molecule has 3 nitrogen and oxygen atoms in total. The van der Waals surface area contributed by atoms with Crippen molar-refractivity contribution in [3.05, 3.63) is 41.2 Å². The molecule has 0 saturated carbocycles. The Morgan fingerprint density at radius 3 is 2.62 bits per heavy atom. The molecule has 0 radical (unpaired) electrons. The number of aliphatic carboxylic acids is 1. The van der Waals surface area contributed by atoms with E-state index in [2.05, 4.69) is 18.7 Å². The Morgan fingerprint density at radius 2 is 2.00 bits per heavy atom. The summed E-state index contributed by atoms with van der Waals surface area (Å²) in [5, 5.41) is 8.63. The lowest BCUT2D eigenvalue weighted by Crippen LogP contribution is -2.36. The zero-order valence-corrected chi connectivity index (χ0v) is 12.6. The molecule has 1 N–H and O–H groups in total. The molecule has 1 aliphatic heterocycles. The van der Waals surface area contributed by atoms with E-state index in [1.165, 1.54) is 18.2 Å². The van der Waals surface area contributed by atoms with Crippen LogP contribution in [0.4, 0.5) is 4.39 Å². The Morgan fingerprint density at radius 1 is 1.33 bits per heavy atom. The van der Waals surface area contributed by atoms with E-state index in [0.717, 1.165) is 37.6 Å². The number of halogens is 1. The zero-order valence-electron chi connectivity index (χ0n) is 12.6. The van der Waals surface area contributed by atoms with Crippen LogP contribution >= 0.6 is 0 Å². The van der Waals surface area contributed by atoms with E-state index in [-0.39, 0.29) is 5.82 Å². The lowest BCUT2D eigenvalue weighted by atomic mass is 9.82. The van der Waals surface area contributed by atoms with Crippen LogP contribution in [-0.2, 0) is 11.3 Å². The summed E-state index contributed by atoms with van der Waals surface area (Å²) >= 11 is 0. The second kappa shape index (κ2) is 6.39. The van der Waals surface area contributed by atoms with Crippen LogP contribution < -0.4 is 0 Å². The summed E-state index contributed by atoms with van der Waals surface area (Å²) in [5.74, 6) is -1.35. The molecule has 1 saturated heterocycles. The van der Waals surface area contributed by atoms with E-state index in [1.807, 2.05) is 6.07 Å². The normalized spacial score (nSPS) is 19.0. The van der Waals surface area contributed by atoms with Crippen molar-refractivity contribution >= 4 is 12.0 Å². The molecule has 2 rings (SSSR count). The standard InChI is InChI=1S/C17H22FNO2/c1-17(2)5-7-19(8-6-17)12-14-9-13(3-4-16(20)21)10-15(18)11-14/h3-4,9-11H,5-8,12H2,1-2H3,(H,20,21). The van der Waals surface area contributed by atoms with Crippen LogP contribution in [0, 0.1) is 11.2 Å². The molecule has 21 heavy (non-hydrogen) atoms. The van der Waals surface area contributed by atoms with Gasteiger partial charge in [0.2, 0.25) is 0 Å². The van der Waals surface area contributed by atoms with Gasteiger partial charge >= 0.3 is 5.97 Å². The second-order valence-electron chi connectivity index (χ2n) is 6.50. The third-order valence-electron chi connectivity index (χ3n) is 4.01. The molecule has 1 heterocycles. The Kier molecular flexibility index (Phi) is 4.78. The van der Waals surface area contributed by atoms with Gasteiger partial charge in [0.05, 0.1) is 0 Å². The molecule has 0 unspecified atom stereocenters. The lowest BCUT2D eigenvalue weighted by Gasteiger charge is -2.37. The molecule has 0 aromatic heterocycles. The van der Waals surface area contributed by atoms with Crippen molar-refractivity contribution in [2.75, 3.05) is 13.1 Å². The largest absolute Gasteiger partial charge is 0.478 e. The number of hydrogen-bond acceptors (Lipinski definition) is 2. The van der Waals surface area contributed by atoms with Gasteiger partial charge in [-0.05, 0) is 60.7 Å². The van der Waals surface area contributed by atoms with Crippen LogP contribution in [0.5, 0.6) is 0 Å². The number of carbonyl (C=O) groups is 1. The predicted molar refractivity (Wildman–Crippen MR) is 81.4 cm³/mol. The topological polar surface area (TPSA) is 40.5 Å². The quantitative estimate of drug-likeness (QED) is 0.863. The Balaban J connectivity index is 2.05. The first-order valence-corrected chi connectivity index (χ1v) is 7.27. The van der Waals surface area contributed by atoms with Crippen molar-refractivity contribution in [3.63, 3.8) is 0 Å². The van der Waals surface area contributed by atoms with E-state index in [9.17, 15) is 9.18 Å². The Labute approximate surface area is 125 Å². The van der Waals surface area contributed by atoms with E-state index in [0.29, 0.717) is 17.5 Å². The molecule has 0 spiro atoms. The molecule has 114 valence electrons. The summed E-state index contributed by atoms with van der Waals surface area (Å²) in [6.07, 6.45) is 4.75. The Hall–Kier alpha value is -1.68. The first-order valence-electron chi connectivity index (χ1n) is 7.27. The fraction of sp³-hybridized carbons (Fsp3) is 0.471. The molecule has 0 bridgehead atoms. The molecule has 1 fully saturated rings. The number of rotatable bonds is 4. The van der Waals surface area contributed by atoms with E-state index >= 15 is 0 Å². The molecule has 1 aliphatic rings. The zero-order chi connectivity index (χ0) is 15.5. The number of hydrogen-bond donors (Lipinski definition) is 1. The van der Waals surface area contributed by atoms with Crippen molar-refractivity contribution in [1.82, 2.24) is 4.90 Å². The monoisotopic (exact) mass is 291 g/mol. The fourth-order valence-corrected chi connectivity index (χ4v) is 2.61. The minimum Gasteiger partial charge on any atom is -0.478 e. The van der Waals surface area contributed by atoms with Gasteiger partial charge in [-0.15, -0.1) is 0 Å². The van der Waals surface area contributed by atoms with Gasteiger partial charge in [0.1, 0.15) is 5.82 Å². The number of nitrogens with zero attached hydrogens (tertiary/aromatic N) is 1. The number of likely N-dealkylation sites (tertiary alicyclic amines) is 1. The number of benzene rings is 1. The van der Waals surface area contributed by atoms with Gasteiger partial charge in [-0.1, -0.05) is 19.9 Å². The maximum Gasteiger partial charge on any atom is 0.328 e. The first-order chi connectivity index (χ1) is 9.84. The van der Waals surface area contributed by atoms with Gasteiger partial charge in [0.25, 0.3) is 0 Å². The maximum absolute atomic E-state index is 13.6. The van der Waals surface area contributed by atoms with Crippen LogP contribution in [0.2, 0.25) is 0 Å². The minimum atomic E-state index is -1.03. The van der Waals surface area contributed by atoms with Gasteiger partial charge in [-0.25, -0.2) is 9.18 Å². The highest BCUT2D eigenvalue weighted by Crippen LogP contribution is 2.30. The second-order valence-corrected chi connectivity index (χ2v) is 6.50. The third-order valence-corrected chi connectivity index (χ3v) is 4.01. The first kappa shape index (κ1) is 15.7. The molecular weight excluding hydrogens is 269 g/mol. The van der Waals surface area contributed by atoms with Crippen LogP contribution in [-0.4, -0.2) is 29.1 Å². The van der Waals surface area contributed by atoms with Gasteiger partial charge in [0, 0.05) is 12.6 Å². The van der Waals surface area contributed by atoms with Crippen LogP contribution in [0.3, 0.4) is 0 Å². The van der Waals surface area contributed by atoms with Crippen molar-refractivity contribution in [2.24, 2.45) is 5.41 Å². The molecular formula is C17H22FNO2. The molecule has 0 aliphatic carbocycles. The molecule has 1 aromatic rings. The van der Waals surface area contributed by atoms with Crippen LogP contribution in [0.15, 0.2) is 24.3 Å².